The molecular formula is C13H22N2O. The summed E-state index contributed by atoms with van der Waals surface area (Å²) in [5.74, 6) is 0.770. The average Bonchev–Trinajstić information content (AvgIpc) is 2.54. The molecule has 1 aromatic heterocycles. The van der Waals surface area contributed by atoms with Crippen molar-refractivity contribution in [3.05, 3.63) is 17.5 Å². The lowest BCUT2D eigenvalue weighted by atomic mass is 9.88. The van der Waals surface area contributed by atoms with Crippen LogP contribution in [0, 0.1) is 11.8 Å². The van der Waals surface area contributed by atoms with Crippen LogP contribution < -0.4 is 0 Å². The Kier molecular flexibility index (Phi) is 4.27. The first-order valence-electron chi connectivity index (χ1n) is 5.98. The predicted octanol–water partition coefficient (Wildman–Crippen LogP) is 2.39. The van der Waals surface area contributed by atoms with Crippen molar-refractivity contribution in [2.24, 2.45) is 18.9 Å². The summed E-state index contributed by atoms with van der Waals surface area (Å²) < 4.78 is 1.90. The normalized spacial score (nSPS) is 13.1. The molecule has 0 saturated heterocycles. The Morgan fingerprint density at radius 1 is 1.50 bits per heavy atom. The highest BCUT2D eigenvalue weighted by atomic mass is 16.1. The number of rotatable bonds is 5. The van der Waals surface area contributed by atoms with Crippen molar-refractivity contribution in [1.82, 2.24) is 9.78 Å². The maximum Gasteiger partial charge on any atom is 0.133 e. The zero-order chi connectivity index (χ0) is 12.3. The Hall–Kier alpha value is -1.12. The SMILES string of the molecule is CCc1cc(CC(C(C)=O)C(C)C)n(C)n1. The maximum absolute atomic E-state index is 11.5. The second-order valence-electron chi connectivity index (χ2n) is 4.77. The van der Waals surface area contributed by atoms with Crippen LogP contribution in [0.3, 0.4) is 0 Å². The zero-order valence-corrected chi connectivity index (χ0v) is 10.9. The van der Waals surface area contributed by atoms with E-state index in [2.05, 4.69) is 31.9 Å². The number of aromatic nitrogens is 2. The van der Waals surface area contributed by atoms with Gasteiger partial charge in [-0.25, -0.2) is 0 Å². The summed E-state index contributed by atoms with van der Waals surface area (Å²) in [6.07, 6.45) is 1.75. The van der Waals surface area contributed by atoms with Gasteiger partial charge >= 0.3 is 0 Å². The van der Waals surface area contributed by atoms with Gasteiger partial charge in [-0.15, -0.1) is 0 Å². The van der Waals surface area contributed by atoms with Crippen LogP contribution in [0.25, 0.3) is 0 Å². The first kappa shape index (κ1) is 12.9. The van der Waals surface area contributed by atoms with Gasteiger partial charge < -0.3 is 0 Å². The molecule has 0 saturated carbocycles. The predicted molar refractivity (Wildman–Crippen MR) is 65.3 cm³/mol. The van der Waals surface area contributed by atoms with Gasteiger partial charge in [-0.1, -0.05) is 20.8 Å². The third-order valence-corrected chi connectivity index (χ3v) is 3.15. The molecule has 1 rings (SSSR count). The minimum Gasteiger partial charge on any atom is -0.300 e. The van der Waals surface area contributed by atoms with E-state index in [1.165, 1.54) is 0 Å². The molecule has 1 heterocycles. The molecule has 1 unspecified atom stereocenters. The van der Waals surface area contributed by atoms with Gasteiger partial charge in [-0.05, 0) is 31.7 Å². The number of carbonyl (C=O) groups excluding carboxylic acids is 1. The summed E-state index contributed by atoms with van der Waals surface area (Å²) in [5, 5.41) is 4.41. The van der Waals surface area contributed by atoms with Gasteiger partial charge in [-0.3, -0.25) is 9.48 Å². The lowest BCUT2D eigenvalue weighted by Gasteiger charge is -2.17. The first-order valence-corrected chi connectivity index (χ1v) is 5.98. The minimum atomic E-state index is 0.111. The van der Waals surface area contributed by atoms with Crippen molar-refractivity contribution in [2.75, 3.05) is 0 Å². The molecule has 1 atom stereocenters. The van der Waals surface area contributed by atoms with Crippen molar-refractivity contribution in [3.63, 3.8) is 0 Å². The molecule has 3 heteroatoms. The smallest absolute Gasteiger partial charge is 0.133 e. The largest absolute Gasteiger partial charge is 0.300 e. The van der Waals surface area contributed by atoms with E-state index >= 15 is 0 Å². The van der Waals surface area contributed by atoms with Gasteiger partial charge in [0, 0.05) is 18.7 Å². The Morgan fingerprint density at radius 2 is 2.12 bits per heavy atom. The van der Waals surface area contributed by atoms with Gasteiger partial charge in [0.2, 0.25) is 0 Å². The Labute approximate surface area is 97.8 Å². The van der Waals surface area contributed by atoms with Crippen LogP contribution in [0.15, 0.2) is 6.07 Å². The van der Waals surface area contributed by atoms with Crippen LogP contribution in [0.1, 0.15) is 39.1 Å². The van der Waals surface area contributed by atoms with Crippen LogP contribution in [0.2, 0.25) is 0 Å². The number of carbonyl (C=O) groups is 1. The lowest BCUT2D eigenvalue weighted by molar-refractivity contribution is -0.122. The molecule has 0 fully saturated rings. The molecule has 90 valence electrons. The molecule has 1 aromatic rings. The molecule has 0 amide bonds. The second kappa shape index (κ2) is 5.28. The van der Waals surface area contributed by atoms with E-state index in [1.807, 2.05) is 11.7 Å². The quantitative estimate of drug-likeness (QED) is 0.766. The number of ketones is 1. The van der Waals surface area contributed by atoms with Gasteiger partial charge in [-0.2, -0.15) is 5.10 Å². The number of aryl methyl sites for hydroxylation is 2. The molecule has 0 aliphatic carbocycles. The second-order valence-corrected chi connectivity index (χ2v) is 4.77. The topological polar surface area (TPSA) is 34.9 Å². The van der Waals surface area contributed by atoms with Crippen molar-refractivity contribution >= 4 is 5.78 Å². The lowest BCUT2D eigenvalue weighted by Crippen LogP contribution is -2.21. The fraction of sp³-hybridized carbons (Fsp3) is 0.692. The van der Waals surface area contributed by atoms with Crippen LogP contribution in [0.4, 0.5) is 0 Å². The minimum absolute atomic E-state index is 0.111. The van der Waals surface area contributed by atoms with E-state index in [0.29, 0.717) is 5.92 Å². The highest BCUT2D eigenvalue weighted by molar-refractivity contribution is 5.78. The monoisotopic (exact) mass is 222 g/mol. The van der Waals surface area contributed by atoms with Crippen molar-refractivity contribution in [1.29, 1.82) is 0 Å². The molecule has 0 aromatic carbocycles. The van der Waals surface area contributed by atoms with Crippen LogP contribution in [0.5, 0.6) is 0 Å². The van der Waals surface area contributed by atoms with Gasteiger partial charge in [0.05, 0.1) is 5.69 Å². The molecule has 16 heavy (non-hydrogen) atoms. The standard InChI is InChI=1S/C13H22N2O/c1-6-11-7-12(15(5)14-11)8-13(9(2)3)10(4)16/h7,9,13H,6,8H2,1-5H3. The Morgan fingerprint density at radius 3 is 2.50 bits per heavy atom. The maximum atomic E-state index is 11.5. The fourth-order valence-electron chi connectivity index (χ4n) is 2.01. The van der Waals surface area contributed by atoms with E-state index in [9.17, 15) is 4.79 Å². The van der Waals surface area contributed by atoms with E-state index in [4.69, 9.17) is 0 Å². The highest BCUT2D eigenvalue weighted by Gasteiger charge is 2.20. The van der Waals surface area contributed by atoms with E-state index in [-0.39, 0.29) is 11.7 Å². The van der Waals surface area contributed by atoms with E-state index < -0.39 is 0 Å². The molecule has 0 aliphatic heterocycles. The molecule has 0 aliphatic rings. The third-order valence-electron chi connectivity index (χ3n) is 3.15. The number of hydrogen-bond donors (Lipinski definition) is 0. The highest BCUT2D eigenvalue weighted by Crippen LogP contribution is 2.18. The summed E-state index contributed by atoms with van der Waals surface area (Å²) in [4.78, 5) is 11.5. The van der Waals surface area contributed by atoms with E-state index in [1.54, 1.807) is 6.92 Å². The van der Waals surface area contributed by atoms with E-state index in [0.717, 1.165) is 24.2 Å². The first-order chi connectivity index (χ1) is 7.45. The summed E-state index contributed by atoms with van der Waals surface area (Å²) >= 11 is 0. The molecule has 0 bridgehead atoms. The van der Waals surface area contributed by atoms with Crippen molar-refractivity contribution in [3.8, 4) is 0 Å². The summed E-state index contributed by atoms with van der Waals surface area (Å²) in [5.41, 5.74) is 2.26. The van der Waals surface area contributed by atoms with Crippen LogP contribution >= 0.6 is 0 Å². The van der Waals surface area contributed by atoms with Gasteiger partial charge in [0.1, 0.15) is 5.78 Å². The van der Waals surface area contributed by atoms with Crippen molar-refractivity contribution < 1.29 is 4.79 Å². The average molecular weight is 222 g/mol. The zero-order valence-electron chi connectivity index (χ0n) is 10.9. The Bertz CT molecular complexity index is 366. The summed E-state index contributed by atoms with van der Waals surface area (Å²) in [6, 6.07) is 2.11. The summed E-state index contributed by atoms with van der Waals surface area (Å²) in [6.45, 7) is 7.98. The van der Waals surface area contributed by atoms with Crippen LogP contribution in [-0.4, -0.2) is 15.6 Å². The van der Waals surface area contributed by atoms with Gasteiger partial charge in [0.25, 0.3) is 0 Å². The molecular weight excluding hydrogens is 200 g/mol. The third kappa shape index (κ3) is 2.94. The molecule has 0 N–H and O–H groups in total. The number of hydrogen-bond acceptors (Lipinski definition) is 2. The summed E-state index contributed by atoms with van der Waals surface area (Å²) in [7, 11) is 1.95. The fourth-order valence-corrected chi connectivity index (χ4v) is 2.01. The number of Topliss-reactive ketones (excluding diaryl/α,β-unsaturated/α-hetero) is 1. The molecule has 0 radical (unpaired) electrons. The van der Waals surface area contributed by atoms with Gasteiger partial charge in [0.15, 0.2) is 0 Å². The number of nitrogens with zero attached hydrogens (tertiary/aromatic N) is 2. The van der Waals surface area contributed by atoms with Crippen LogP contribution in [-0.2, 0) is 24.7 Å². The molecule has 0 spiro atoms. The Balaban J connectivity index is 2.84. The van der Waals surface area contributed by atoms with Crippen molar-refractivity contribution in [2.45, 2.75) is 40.5 Å². The molecule has 3 nitrogen and oxygen atoms in total.